The third-order valence-corrected chi connectivity index (χ3v) is 4.21. The van der Waals surface area contributed by atoms with Gasteiger partial charge in [-0.1, -0.05) is 0 Å². The van der Waals surface area contributed by atoms with Crippen LogP contribution in [0.2, 0.25) is 0 Å². The van der Waals surface area contributed by atoms with Crippen LogP contribution in [0.1, 0.15) is 29.6 Å². The van der Waals surface area contributed by atoms with E-state index in [1.165, 1.54) is 14.2 Å². The fourth-order valence-electron chi connectivity index (χ4n) is 2.81. The van der Waals surface area contributed by atoms with E-state index in [1.807, 2.05) is 4.90 Å². The number of hydrogen-bond acceptors (Lipinski definition) is 5. The number of likely N-dealkylation sites (tertiary alicyclic amines) is 1. The molecule has 1 aliphatic heterocycles. The van der Waals surface area contributed by atoms with E-state index in [2.05, 4.69) is 5.32 Å². The van der Waals surface area contributed by atoms with Gasteiger partial charge in [0.05, 0.1) is 7.11 Å². The van der Waals surface area contributed by atoms with Gasteiger partial charge in [-0.15, -0.1) is 0 Å². The first-order valence-corrected chi connectivity index (χ1v) is 8.13. The molecule has 0 saturated carbocycles. The number of piperidine rings is 1. The Hall–Kier alpha value is -2.28. The zero-order valence-electron chi connectivity index (χ0n) is 14.2. The Morgan fingerprint density at radius 3 is 2.79 bits per heavy atom. The van der Waals surface area contributed by atoms with Crippen molar-refractivity contribution in [1.82, 2.24) is 10.2 Å². The molecule has 2 amide bonds. The Kier molecular flexibility index (Phi) is 6.43. The Morgan fingerprint density at radius 2 is 2.12 bits per heavy atom. The number of hydrogen-bond donors (Lipinski definition) is 2. The van der Waals surface area contributed by atoms with Crippen LogP contribution in [0.25, 0.3) is 0 Å². The van der Waals surface area contributed by atoms with Crippen molar-refractivity contribution >= 4 is 11.8 Å². The van der Waals surface area contributed by atoms with E-state index in [9.17, 15) is 9.59 Å². The molecule has 7 nitrogen and oxygen atoms in total. The lowest BCUT2D eigenvalue weighted by Gasteiger charge is -2.35. The van der Waals surface area contributed by atoms with Crippen molar-refractivity contribution in [2.75, 3.05) is 33.9 Å². The molecular formula is C17H25N3O4. The third kappa shape index (κ3) is 4.17. The molecule has 1 fully saturated rings. The van der Waals surface area contributed by atoms with Gasteiger partial charge in [0.15, 0.2) is 18.1 Å². The van der Waals surface area contributed by atoms with Gasteiger partial charge in [-0.25, -0.2) is 0 Å². The fourth-order valence-corrected chi connectivity index (χ4v) is 2.81. The second-order valence-corrected chi connectivity index (χ2v) is 5.71. The normalized spacial score (nSPS) is 17.3. The van der Waals surface area contributed by atoms with Gasteiger partial charge in [0, 0.05) is 31.7 Å². The molecule has 1 saturated heterocycles. The highest BCUT2D eigenvalue weighted by atomic mass is 16.5. The number of rotatable bonds is 6. The maximum atomic E-state index is 12.8. The molecule has 0 aliphatic carbocycles. The molecule has 0 bridgehead atoms. The lowest BCUT2D eigenvalue weighted by Crippen LogP contribution is -2.47. The predicted molar refractivity (Wildman–Crippen MR) is 90.3 cm³/mol. The largest absolute Gasteiger partial charge is 0.493 e. The number of nitrogens with zero attached hydrogens (tertiary/aromatic N) is 1. The van der Waals surface area contributed by atoms with Crippen molar-refractivity contribution in [3.05, 3.63) is 23.8 Å². The van der Waals surface area contributed by atoms with Crippen molar-refractivity contribution in [2.45, 2.75) is 25.3 Å². The van der Waals surface area contributed by atoms with Crippen LogP contribution in [0.5, 0.6) is 11.5 Å². The highest BCUT2D eigenvalue weighted by molar-refractivity contribution is 5.95. The third-order valence-electron chi connectivity index (χ3n) is 4.21. The minimum Gasteiger partial charge on any atom is -0.493 e. The van der Waals surface area contributed by atoms with E-state index in [4.69, 9.17) is 15.2 Å². The first kappa shape index (κ1) is 18.1. The molecule has 0 spiro atoms. The summed E-state index contributed by atoms with van der Waals surface area (Å²) in [4.78, 5) is 25.9. The number of ether oxygens (including phenoxy) is 2. The molecule has 0 aromatic heterocycles. The standard InChI is InChI=1S/C17H25N3O4/c1-19-16(21)11-24-14-7-6-12(9-15(14)23-2)17(22)20-8-4-3-5-13(20)10-18/h6-7,9,13H,3-5,8,10-11,18H2,1-2H3,(H,19,21). The van der Waals surface area contributed by atoms with Gasteiger partial charge in [-0.3, -0.25) is 9.59 Å². The van der Waals surface area contributed by atoms with Crippen LogP contribution in [0.15, 0.2) is 18.2 Å². The van der Waals surface area contributed by atoms with Crippen LogP contribution in [0.4, 0.5) is 0 Å². The van der Waals surface area contributed by atoms with Crippen molar-refractivity contribution in [1.29, 1.82) is 0 Å². The van der Waals surface area contributed by atoms with Crippen LogP contribution in [0, 0.1) is 0 Å². The average molecular weight is 335 g/mol. The molecule has 0 radical (unpaired) electrons. The van der Waals surface area contributed by atoms with Gasteiger partial charge in [0.2, 0.25) is 0 Å². The molecular weight excluding hydrogens is 310 g/mol. The van der Waals surface area contributed by atoms with Crippen LogP contribution in [0.3, 0.4) is 0 Å². The van der Waals surface area contributed by atoms with Gasteiger partial charge >= 0.3 is 0 Å². The number of carbonyl (C=O) groups is 2. The van der Waals surface area contributed by atoms with Gasteiger partial charge in [-0.2, -0.15) is 0 Å². The maximum absolute atomic E-state index is 12.8. The van der Waals surface area contributed by atoms with Crippen molar-refractivity contribution < 1.29 is 19.1 Å². The second kappa shape index (κ2) is 8.54. The minimum absolute atomic E-state index is 0.0544. The average Bonchev–Trinajstić information content (AvgIpc) is 2.65. The fraction of sp³-hybridized carbons (Fsp3) is 0.529. The molecule has 3 N–H and O–H groups in total. The summed E-state index contributed by atoms with van der Waals surface area (Å²) in [6, 6.07) is 5.06. The van der Waals surface area contributed by atoms with E-state index in [0.29, 0.717) is 23.6 Å². The SMILES string of the molecule is CNC(=O)COc1ccc(C(=O)N2CCCCC2CN)cc1OC. The number of amides is 2. The summed E-state index contributed by atoms with van der Waals surface area (Å²) in [6.07, 6.45) is 3.03. The number of carbonyl (C=O) groups excluding carboxylic acids is 2. The molecule has 1 atom stereocenters. The summed E-state index contributed by atoms with van der Waals surface area (Å²) in [6.45, 7) is 1.08. The summed E-state index contributed by atoms with van der Waals surface area (Å²) >= 11 is 0. The van der Waals surface area contributed by atoms with Crippen LogP contribution >= 0.6 is 0 Å². The Balaban J connectivity index is 2.15. The molecule has 24 heavy (non-hydrogen) atoms. The van der Waals surface area contributed by atoms with Crippen LogP contribution in [-0.4, -0.2) is 56.6 Å². The van der Waals surface area contributed by atoms with E-state index in [-0.39, 0.29) is 24.5 Å². The first-order chi connectivity index (χ1) is 11.6. The highest BCUT2D eigenvalue weighted by Gasteiger charge is 2.27. The van der Waals surface area contributed by atoms with Gasteiger partial charge < -0.3 is 25.4 Å². The molecule has 132 valence electrons. The van der Waals surface area contributed by atoms with Gasteiger partial charge in [-0.05, 0) is 37.5 Å². The lowest BCUT2D eigenvalue weighted by molar-refractivity contribution is -0.122. The monoisotopic (exact) mass is 335 g/mol. The summed E-state index contributed by atoms with van der Waals surface area (Å²) in [5.41, 5.74) is 6.32. The number of nitrogens with two attached hydrogens (primary N) is 1. The number of benzene rings is 1. The van der Waals surface area contributed by atoms with E-state index < -0.39 is 0 Å². The molecule has 7 heteroatoms. The van der Waals surface area contributed by atoms with Crippen molar-refractivity contribution in [3.8, 4) is 11.5 Å². The summed E-state index contributed by atoms with van der Waals surface area (Å²) in [7, 11) is 3.04. The Morgan fingerprint density at radius 1 is 1.33 bits per heavy atom. The van der Waals surface area contributed by atoms with E-state index >= 15 is 0 Å². The number of likely N-dealkylation sites (N-methyl/N-ethyl adjacent to an activating group) is 1. The Bertz CT molecular complexity index is 591. The quantitative estimate of drug-likeness (QED) is 0.801. The second-order valence-electron chi connectivity index (χ2n) is 5.71. The van der Waals surface area contributed by atoms with Crippen molar-refractivity contribution in [3.63, 3.8) is 0 Å². The Labute approximate surface area is 142 Å². The van der Waals surface area contributed by atoms with Crippen molar-refractivity contribution in [2.24, 2.45) is 5.73 Å². The van der Waals surface area contributed by atoms with Crippen LogP contribution < -0.4 is 20.5 Å². The van der Waals surface area contributed by atoms with E-state index in [1.54, 1.807) is 18.2 Å². The molecule has 1 unspecified atom stereocenters. The molecule has 1 heterocycles. The molecule has 1 aromatic rings. The number of methoxy groups -OCH3 is 1. The summed E-state index contributed by atoms with van der Waals surface area (Å²) in [5, 5.41) is 2.48. The highest BCUT2D eigenvalue weighted by Crippen LogP contribution is 2.29. The first-order valence-electron chi connectivity index (χ1n) is 8.13. The number of nitrogens with one attached hydrogen (secondary N) is 1. The summed E-state index contributed by atoms with van der Waals surface area (Å²) < 4.78 is 10.7. The molecule has 2 rings (SSSR count). The summed E-state index contributed by atoms with van der Waals surface area (Å²) in [5.74, 6) is 0.551. The molecule has 1 aliphatic rings. The minimum atomic E-state index is -0.240. The zero-order valence-corrected chi connectivity index (χ0v) is 14.2. The smallest absolute Gasteiger partial charge is 0.257 e. The van der Waals surface area contributed by atoms with Gasteiger partial charge in [0.25, 0.3) is 11.8 Å². The maximum Gasteiger partial charge on any atom is 0.257 e. The van der Waals surface area contributed by atoms with Gasteiger partial charge in [0.1, 0.15) is 0 Å². The van der Waals surface area contributed by atoms with E-state index in [0.717, 1.165) is 25.8 Å². The topological polar surface area (TPSA) is 93.9 Å². The predicted octanol–water partition coefficient (Wildman–Crippen LogP) is 0.773. The van der Waals surface area contributed by atoms with Crippen LogP contribution in [-0.2, 0) is 4.79 Å². The lowest BCUT2D eigenvalue weighted by atomic mass is 10.0. The molecule has 1 aromatic carbocycles. The zero-order chi connectivity index (χ0) is 17.5.